The molecule has 5 nitrogen and oxygen atoms in total. The molecule has 14 heavy (non-hydrogen) atoms. The summed E-state index contributed by atoms with van der Waals surface area (Å²) in [6, 6.07) is 0. The molecule has 0 amide bonds. The zero-order chi connectivity index (χ0) is 11.2. The van der Waals surface area contributed by atoms with E-state index in [0.717, 1.165) is 0 Å². The molecule has 0 rings (SSSR count). The Bertz CT molecular complexity index is 180. The summed E-state index contributed by atoms with van der Waals surface area (Å²) in [5.74, 6) is -1.07. The minimum Gasteiger partial charge on any atom is -0.480 e. The largest absolute Gasteiger partial charge is 0.480 e. The first-order valence-corrected chi connectivity index (χ1v) is 4.58. The highest BCUT2D eigenvalue weighted by Crippen LogP contribution is 1.99. The molecule has 0 aliphatic rings. The fourth-order valence-electron chi connectivity index (χ4n) is 0.689. The Labute approximate surface area is 84.2 Å². The van der Waals surface area contributed by atoms with Gasteiger partial charge in [-0.3, -0.25) is 4.79 Å². The first-order chi connectivity index (χ1) is 6.36. The number of nitrogens with two attached hydrogens (primary N) is 1. The Hall–Kier alpha value is -0.650. The third kappa shape index (κ3) is 5.90. The Morgan fingerprint density at radius 2 is 2.07 bits per heavy atom. The quantitative estimate of drug-likeness (QED) is 0.581. The normalized spacial score (nSPS) is 15.5. The molecule has 0 bridgehead atoms. The Kier molecular flexibility index (Phi) is 5.68. The Balaban J connectivity index is 3.49. The van der Waals surface area contributed by atoms with Crippen molar-refractivity contribution in [1.29, 1.82) is 0 Å². The summed E-state index contributed by atoms with van der Waals surface area (Å²) in [5, 5.41) is 8.65. The topological polar surface area (TPSA) is 81.8 Å². The van der Waals surface area contributed by atoms with E-state index >= 15 is 0 Å². The van der Waals surface area contributed by atoms with E-state index in [0.29, 0.717) is 13.2 Å². The third-order valence-corrected chi connectivity index (χ3v) is 1.57. The molecule has 1 unspecified atom stereocenters. The van der Waals surface area contributed by atoms with Gasteiger partial charge in [0.25, 0.3) is 0 Å². The second-order valence-electron chi connectivity index (χ2n) is 3.69. The first-order valence-electron chi connectivity index (χ1n) is 4.58. The number of hydrogen-bond donors (Lipinski definition) is 2. The van der Waals surface area contributed by atoms with Crippen molar-refractivity contribution >= 4 is 5.97 Å². The van der Waals surface area contributed by atoms with Gasteiger partial charge in [0.2, 0.25) is 0 Å². The molecule has 0 aromatic carbocycles. The molecule has 0 saturated heterocycles. The van der Waals surface area contributed by atoms with Gasteiger partial charge in [-0.1, -0.05) is 0 Å². The molecule has 0 aliphatic heterocycles. The third-order valence-electron chi connectivity index (χ3n) is 1.57. The van der Waals surface area contributed by atoms with Crippen molar-refractivity contribution in [3.05, 3.63) is 0 Å². The summed E-state index contributed by atoms with van der Waals surface area (Å²) in [7, 11) is 0. The highest BCUT2D eigenvalue weighted by Gasteiger charge is 2.27. The highest BCUT2D eigenvalue weighted by molar-refractivity contribution is 5.77. The van der Waals surface area contributed by atoms with Gasteiger partial charge in [0.1, 0.15) is 5.54 Å². The van der Waals surface area contributed by atoms with Gasteiger partial charge >= 0.3 is 5.97 Å². The molecule has 84 valence electrons. The summed E-state index contributed by atoms with van der Waals surface area (Å²) in [6.45, 7) is 6.06. The van der Waals surface area contributed by atoms with Gasteiger partial charge in [0.15, 0.2) is 0 Å². The summed E-state index contributed by atoms with van der Waals surface area (Å²) in [5.41, 5.74) is 4.11. The van der Waals surface area contributed by atoms with Crippen molar-refractivity contribution in [3.63, 3.8) is 0 Å². The summed E-state index contributed by atoms with van der Waals surface area (Å²) >= 11 is 0. The van der Waals surface area contributed by atoms with Crippen LogP contribution in [0.25, 0.3) is 0 Å². The fraction of sp³-hybridized carbons (Fsp3) is 0.889. The molecule has 0 spiro atoms. The van der Waals surface area contributed by atoms with E-state index in [1.54, 1.807) is 0 Å². The molecule has 0 fully saturated rings. The van der Waals surface area contributed by atoms with Crippen LogP contribution in [0.3, 0.4) is 0 Å². The molecular formula is C9H19NO4. The molecule has 0 radical (unpaired) electrons. The van der Waals surface area contributed by atoms with Gasteiger partial charge in [-0.05, 0) is 20.8 Å². The molecule has 5 heteroatoms. The summed E-state index contributed by atoms with van der Waals surface area (Å²) in [4.78, 5) is 10.6. The molecule has 0 aromatic rings. The maximum Gasteiger partial charge on any atom is 0.325 e. The van der Waals surface area contributed by atoms with Gasteiger partial charge in [-0.15, -0.1) is 0 Å². The lowest BCUT2D eigenvalue weighted by Gasteiger charge is -2.19. The lowest BCUT2D eigenvalue weighted by atomic mass is 10.1. The van der Waals surface area contributed by atoms with Crippen LogP contribution >= 0.6 is 0 Å². The molecule has 1 atom stereocenters. The summed E-state index contributed by atoms with van der Waals surface area (Å²) < 4.78 is 10.3. The molecule has 3 N–H and O–H groups in total. The molecule has 0 saturated carbocycles. The molecule has 0 aliphatic carbocycles. The van der Waals surface area contributed by atoms with Crippen LogP contribution in [0.4, 0.5) is 0 Å². The van der Waals surface area contributed by atoms with Crippen LogP contribution in [0, 0.1) is 0 Å². The standard InChI is InChI=1S/C9H19NO4/c1-7(2)14-5-4-13-6-9(3,10)8(11)12/h7H,4-6,10H2,1-3H3,(H,11,12). The van der Waals surface area contributed by atoms with Crippen LogP contribution < -0.4 is 5.73 Å². The van der Waals surface area contributed by atoms with E-state index in [1.807, 2.05) is 13.8 Å². The van der Waals surface area contributed by atoms with E-state index in [1.165, 1.54) is 6.92 Å². The predicted molar refractivity (Wildman–Crippen MR) is 52.1 cm³/mol. The molecule has 0 heterocycles. The number of carboxylic acids is 1. The van der Waals surface area contributed by atoms with Crippen LogP contribution in [0.5, 0.6) is 0 Å². The lowest BCUT2D eigenvalue weighted by molar-refractivity contribution is -0.145. The maximum absolute atomic E-state index is 10.6. The van der Waals surface area contributed by atoms with E-state index in [-0.39, 0.29) is 12.7 Å². The van der Waals surface area contributed by atoms with E-state index < -0.39 is 11.5 Å². The van der Waals surface area contributed by atoms with Gasteiger partial charge in [0.05, 0.1) is 25.9 Å². The van der Waals surface area contributed by atoms with E-state index in [9.17, 15) is 4.79 Å². The van der Waals surface area contributed by atoms with Crippen LogP contribution in [0.2, 0.25) is 0 Å². The number of aliphatic carboxylic acids is 1. The Morgan fingerprint density at radius 3 is 2.50 bits per heavy atom. The van der Waals surface area contributed by atoms with Crippen LogP contribution in [0.1, 0.15) is 20.8 Å². The average molecular weight is 205 g/mol. The van der Waals surface area contributed by atoms with Crippen molar-refractivity contribution in [3.8, 4) is 0 Å². The summed E-state index contributed by atoms with van der Waals surface area (Å²) in [6.07, 6.45) is 0.155. The van der Waals surface area contributed by atoms with Gasteiger partial charge in [0, 0.05) is 0 Å². The molecule has 0 aromatic heterocycles. The second-order valence-corrected chi connectivity index (χ2v) is 3.69. The van der Waals surface area contributed by atoms with E-state index in [2.05, 4.69) is 0 Å². The van der Waals surface area contributed by atoms with Gasteiger partial charge in [-0.25, -0.2) is 0 Å². The van der Waals surface area contributed by atoms with Gasteiger partial charge in [-0.2, -0.15) is 0 Å². The number of carboxylic acid groups (broad SMARTS) is 1. The van der Waals surface area contributed by atoms with Crippen molar-refractivity contribution in [1.82, 2.24) is 0 Å². The lowest BCUT2D eigenvalue weighted by Crippen LogP contribution is -2.49. The highest BCUT2D eigenvalue weighted by atomic mass is 16.5. The van der Waals surface area contributed by atoms with Gasteiger partial charge < -0.3 is 20.3 Å². The maximum atomic E-state index is 10.6. The average Bonchev–Trinajstić information content (AvgIpc) is 2.02. The predicted octanol–water partition coefficient (Wildman–Crippen LogP) is 0.230. The smallest absolute Gasteiger partial charge is 0.325 e. The second kappa shape index (κ2) is 5.95. The van der Waals surface area contributed by atoms with Crippen molar-refractivity contribution in [2.45, 2.75) is 32.4 Å². The number of carbonyl (C=O) groups is 1. The zero-order valence-electron chi connectivity index (χ0n) is 8.95. The SMILES string of the molecule is CC(C)OCCOCC(C)(N)C(=O)O. The zero-order valence-corrected chi connectivity index (χ0v) is 8.95. The number of rotatable bonds is 7. The van der Waals surface area contributed by atoms with Crippen molar-refractivity contribution in [2.75, 3.05) is 19.8 Å². The Morgan fingerprint density at radius 1 is 1.50 bits per heavy atom. The fourth-order valence-corrected chi connectivity index (χ4v) is 0.689. The van der Waals surface area contributed by atoms with E-state index in [4.69, 9.17) is 20.3 Å². The number of hydrogen-bond acceptors (Lipinski definition) is 4. The monoisotopic (exact) mass is 205 g/mol. The van der Waals surface area contributed by atoms with Crippen molar-refractivity contribution < 1.29 is 19.4 Å². The minimum atomic E-state index is -1.32. The first kappa shape index (κ1) is 13.4. The van der Waals surface area contributed by atoms with Crippen LogP contribution in [-0.4, -0.2) is 42.5 Å². The number of ether oxygens (including phenoxy) is 2. The van der Waals surface area contributed by atoms with Crippen LogP contribution in [-0.2, 0) is 14.3 Å². The van der Waals surface area contributed by atoms with Crippen LogP contribution in [0.15, 0.2) is 0 Å². The molecular weight excluding hydrogens is 186 g/mol. The minimum absolute atomic E-state index is 0.0101. The van der Waals surface area contributed by atoms with Crippen molar-refractivity contribution in [2.24, 2.45) is 5.73 Å².